The second-order valence-corrected chi connectivity index (χ2v) is 4.59. The van der Waals surface area contributed by atoms with E-state index in [1.165, 1.54) is 12.4 Å². The topological polar surface area (TPSA) is 67.5 Å². The number of hydrogen-bond donors (Lipinski definition) is 1. The second kappa shape index (κ2) is 5.76. The van der Waals surface area contributed by atoms with E-state index in [0.29, 0.717) is 11.3 Å². The maximum absolute atomic E-state index is 11.7. The quantitative estimate of drug-likeness (QED) is 0.522. The molecule has 6 heteroatoms. The zero-order valence-electron chi connectivity index (χ0n) is 9.55. The van der Waals surface area contributed by atoms with Crippen molar-refractivity contribution in [2.45, 2.75) is 6.92 Å². The number of carbonyl (C=O) groups is 1. The number of aryl methyl sites for hydroxylation is 1. The van der Waals surface area contributed by atoms with Crippen molar-refractivity contribution in [2.24, 2.45) is 5.10 Å². The van der Waals surface area contributed by atoms with Crippen LogP contribution in [-0.4, -0.2) is 17.1 Å². The van der Waals surface area contributed by atoms with E-state index in [1.54, 1.807) is 18.2 Å². The number of rotatable bonds is 3. The number of aromatic nitrogens is 1. The summed E-state index contributed by atoms with van der Waals surface area (Å²) in [4.78, 5) is 15.7. The lowest BCUT2D eigenvalue weighted by molar-refractivity contribution is 0.0955. The Kier molecular flexibility index (Phi) is 4.08. The van der Waals surface area contributed by atoms with Crippen molar-refractivity contribution < 1.29 is 9.21 Å². The van der Waals surface area contributed by atoms with Crippen LogP contribution in [0.3, 0.4) is 0 Å². The summed E-state index contributed by atoms with van der Waals surface area (Å²) in [7, 11) is 0. The Bertz CT molecular complexity index is 575. The van der Waals surface area contributed by atoms with E-state index in [9.17, 15) is 4.79 Å². The van der Waals surface area contributed by atoms with Crippen molar-refractivity contribution in [3.05, 3.63) is 51.2 Å². The highest BCUT2D eigenvalue weighted by molar-refractivity contribution is 14.1. The molecule has 0 spiro atoms. The highest BCUT2D eigenvalue weighted by Crippen LogP contribution is 2.07. The van der Waals surface area contributed by atoms with Crippen LogP contribution in [-0.2, 0) is 0 Å². The molecule has 0 aliphatic rings. The van der Waals surface area contributed by atoms with Crippen molar-refractivity contribution in [3.63, 3.8) is 0 Å². The molecule has 1 amide bonds. The summed E-state index contributed by atoms with van der Waals surface area (Å²) in [5.74, 6) is 0.279. The van der Waals surface area contributed by atoms with Crippen LogP contribution in [0.1, 0.15) is 21.8 Å². The molecule has 0 fully saturated rings. The number of nitrogens with one attached hydrogen (secondary N) is 1. The number of carbonyl (C=O) groups excluding carboxylic acids is 1. The van der Waals surface area contributed by atoms with Crippen molar-refractivity contribution >= 4 is 34.7 Å². The van der Waals surface area contributed by atoms with Gasteiger partial charge in [-0.3, -0.25) is 9.78 Å². The van der Waals surface area contributed by atoms with Crippen molar-refractivity contribution in [3.8, 4) is 0 Å². The zero-order valence-corrected chi connectivity index (χ0v) is 11.7. The lowest BCUT2D eigenvalue weighted by atomic mass is 10.2. The molecular formula is C12H10IN3O2. The van der Waals surface area contributed by atoms with E-state index in [2.05, 4.69) is 38.1 Å². The van der Waals surface area contributed by atoms with E-state index < -0.39 is 0 Å². The van der Waals surface area contributed by atoms with Gasteiger partial charge in [0.15, 0.2) is 3.77 Å². The van der Waals surface area contributed by atoms with Crippen molar-refractivity contribution in [1.29, 1.82) is 0 Å². The molecule has 0 unspecified atom stereocenters. The molecule has 0 bridgehead atoms. The molecular weight excluding hydrogens is 345 g/mol. The largest absolute Gasteiger partial charge is 0.449 e. The standard InChI is InChI=1S/C12H10IN3O2/c1-8-2-3-9(6-14-8)12(17)16-15-7-10-4-5-11(13)18-10/h2-7H,1H3,(H,16,17). The van der Waals surface area contributed by atoms with Gasteiger partial charge in [-0.05, 0) is 53.8 Å². The molecule has 92 valence electrons. The van der Waals surface area contributed by atoms with Gasteiger partial charge in [0.05, 0.1) is 11.8 Å². The molecule has 0 saturated carbocycles. The number of halogens is 1. The summed E-state index contributed by atoms with van der Waals surface area (Å²) in [5.41, 5.74) is 3.73. The first-order chi connectivity index (χ1) is 8.65. The number of hydrogen-bond acceptors (Lipinski definition) is 4. The number of pyridine rings is 1. The molecule has 0 aliphatic heterocycles. The maximum atomic E-state index is 11.7. The second-order valence-electron chi connectivity index (χ2n) is 3.53. The molecule has 1 N–H and O–H groups in total. The van der Waals surface area contributed by atoms with Crippen LogP contribution < -0.4 is 5.43 Å². The lowest BCUT2D eigenvalue weighted by Crippen LogP contribution is -2.17. The molecule has 18 heavy (non-hydrogen) atoms. The normalized spacial score (nSPS) is 10.8. The van der Waals surface area contributed by atoms with Gasteiger partial charge in [-0.25, -0.2) is 5.43 Å². The fourth-order valence-corrected chi connectivity index (χ4v) is 1.65. The highest BCUT2D eigenvalue weighted by atomic mass is 127. The molecule has 0 saturated heterocycles. The Hall–Kier alpha value is -1.70. The summed E-state index contributed by atoms with van der Waals surface area (Å²) in [6.07, 6.45) is 2.96. The molecule has 0 aromatic carbocycles. The highest BCUT2D eigenvalue weighted by Gasteiger charge is 2.03. The van der Waals surface area contributed by atoms with Gasteiger partial charge < -0.3 is 4.42 Å². The van der Waals surface area contributed by atoms with Crippen LogP contribution in [0.5, 0.6) is 0 Å². The zero-order chi connectivity index (χ0) is 13.0. The molecule has 2 aromatic heterocycles. The average Bonchev–Trinajstić information content (AvgIpc) is 2.76. The van der Waals surface area contributed by atoms with Gasteiger partial charge in [-0.15, -0.1) is 0 Å². The summed E-state index contributed by atoms with van der Waals surface area (Å²) in [6, 6.07) is 7.05. The lowest BCUT2D eigenvalue weighted by Gasteiger charge is -1.98. The first-order valence-corrected chi connectivity index (χ1v) is 6.24. The van der Waals surface area contributed by atoms with Gasteiger partial charge in [0, 0.05) is 11.9 Å². The third-order valence-electron chi connectivity index (χ3n) is 2.13. The fraction of sp³-hybridized carbons (Fsp3) is 0.0833. The van der Waals surface area contributed by atoms with E-state index in [1.807, 2.05) is 13.0 Å². The Labute approximate surface area is 117 Å². The minimum Gasteiger partial charge on any atom is -0.449 e. The number of hydrazone groups is 1. The predicted octanol–water partition coefficient (Wildman–Crippen LogP) is 2.35. The van der Waals surface area contributed by atoms with E-state index in [-0.39, 0.29) is 5.91 Å². The molecule has 2 aromatic rings. The third-order valence-corrected chi connectivity index (χ3v) is 2.71. The van der Waals surface area contributed by atoms with Crippen LogP contribution in [0.4, 0.5) is 0 Å². The van der Waals surface area contributed by atoms with Crippen molar-refractivity contribution in [1.82, 2.24) is 10.4 Å². The Balaban J connectivity index is 1.96. The number of nitrogens with zero attached hydrogens (tertiary/aromatic N) is 2. The number of furan rings is 1. The minimum atomic E-state index is -0.306. The summed E-state index contributed by atoms with van der Waals surface area (Å²) >= 11 is 2.05. The van der Waals surface area contributed by atoms with Crippen LogP contribution in [0.2, 0.25) is 0 Å². The van der Waals surface area contributed by atoms with Gasteiger partial charge in [0.25, 0.3) is 5.91 Å². The Morgan fingerprint density at radius 3 is 2.89 bits per heavy atom. The SMILES string of the molecule is Cc1ccc(C(=O)NN=Cc2ccc(I)o2)cn1. The van der Waals surface area contributed by atoms with Crippen LogP contribution in [0.15, 0.2) is 40.0 Å². The molecule has 0 radical (unpaired) electrons. The Morgan fingerprint density at radius 1 is 1.44 bits per heavy atom. The van der Waals surface area contributed by atoms with Gasteiger partial charge in [-0.1, -0.05) is 0 Å². The number of amides is 1. The average molecular weight is 355 g/mol. The summed E-state index contributed by atoms with van der Waals surface area (Å²) in [5, 5.41) is 3.80. The van der Waals surface area contributed by atoms with Crippen LogP contribution in [0, 0.1) is 10.7 Å². The summed E-state index contributed by atoms with van der Waals surface area (Å²) < 4.78 is 6.03. The molecule has 2 rings (SSSR count). The Morgan fingerprint density at radius 2 is 2.28 bits per heavy atom. The molecule has 2 heterocycles. The predicted molar refractivity (Wildman–Crippen MR) is 75.5 cm³/mol. The minimum absolute atomic E-state index is 0.306. The fourth-order valence-electron chi connectivity index (χ4n) is 1.22. The maximum Gasteiger partial charge on any atom is 0.272 e. The third kappa shape index (κ3) is 3.39. The molecule has 0 atom stereocenters. The molecule has 5 nitrogen and oxygen atoms in total. The van der Waals surface area contributed by atoms with Gasteiger partial charge in [-0.2, -0.15) is 5.10 Å². The first-order valence-electron chi connectivity index (χ1n) is 5.16. The first kappa shape index (κ1) is 12.7. The van der Waals surface area contributed by atoms with Crippen LogP contribution in [0.25, 0.3) is 0 Å². The van der Waals surface area contributed by atoms with Gasteiger partial charge >= 0.3 is 0 Å². The summed E-state index contributed by atoms with van der Waals surface area (Å²) in [6.45, 7) is 1.86. The van der Waals surface area contributed by atoms with E-state index in [0.717, 1.165) is 9.46 Å². The van der Waals surface area contributed by atoms with Gasteiger partial charge in [0.1, 0.15) is 5.76 Å². The molecule has 0 aliphatic carbocycles. The monoisotopic (exact) mass is 355 g/mol. The van der Waals surface area contributed by atoms with Crippen molar-refractivity contribution in [2.75, 3.05) is 0 Å². The van der Waals surface area contributed by atoms with E-state index >= 15 is 0 Å². The van der Waals surface area contributed by atoms with Crippen LogP contribution >= 0.6 is 22.6 Å². The van der Waals surface area contributed by atoms with E-state index in [4.69, 9.17) is 4.42 Å². The smallest absolute Gasteiger partial charge is 0.272 e. The van der Waals surface area contributed by atoms with Gasteiger partial charge in [0.2, 0.25) is 0 Å².